The molecule has 0 heterocycles. The molecule has 0 saturated heterocycles. The summed E-state index contributed by atoms with van der Waals surface area (Å²) in [5.41, 5.74) is 2.52. The van der Waals surface area contributed by atoms with E-state index in [1.54, 1.807) is 0 Å². The molecule has 1 aromatic carbocycles. The van der Waals surface area contributed by atoms with Crippen LogP contribution in [0.15, 0.2) is 24.3 Å². The number of carbonyl (C=O) groups is 1. The Morgan fingerprint density at radius 2 is 1.91 bits per heavy atom. The van der Waals surface area contributed by atoms with Gasteiger partial charge < -0.3 is 10.6 Å². The van der Waals surface area contributed by atoms with Crippen molar-refractivity contribution >= 4 is 5.91 Å². The molecule has 0 aliphatic heterocycles. The van der Waals surface area contributed by atoms with Crippen molar-refractivity contribution in [3.05, 3.63) is 35.4 Å². The first-order valence-electron chi connectivity index (χ1n) is 8.69. The second kappa shape index (κ2) is 8.33. The first-order chi connectivity index (χ1) is 10.6. The predicted octanol–water partition coefficient (Wildman–Crippen LogP) is 3.73. The van der Waals surface area contributed by atoms with Crippen LogP contribution in [0, 0.1) is 12.8 Å². The van der Waals surface area contributed by atoms with E-state index in [9.17, 15) is 4.79 Å². The van der Waals surface area contributed by atoms with Crippen LogP contribution in [0.3, 0.4) is 0 Å². The van der Waals surface area contributed by atoms with Crippen molar-refractivity contribution in [2.24, 2.45) is 5.92 Å². The van der Waals surface area contributed by atoms with Gasteiger partial charge in [0.25, 0.3) is 0 Å². The summed E-state index contributed by atoms with van der Waals surface area (Å²) in [6.45, 7) is 6.89. The van der Waals surface area contributed by atoms with Crippen LogP contribution >= 0.6 is 0 Å². The van der Waals surface area contributed by atoms with Crippen molar-refractivity contribution in [2.45, 2.75) is 65.0 Å². The number of carbonyl (C=O) groups excluding carboxylic acids is 1. The Morgan fingerprint density at radius 3 is 2.55 bits per heavy atom. The third-order valence-electron chi connectivity index (χ3n) is 4.85. The third-order valence-corrected chi connectivity index (χ3v) is 4.85. The number of rotatable bonds is 6. The van der Waals surface area contributed by atoms with E-state index in [0.717, 1.165) is 12.8 Å². The molecule has 0 aromatic heterocycles. The van der Waals surface area contributed by atoms with Gasteiger partial charge >= 0.3 is 0 Å². The second-order valence-corrected chi connectivity index (χ2v) is 6.69. The van der Waals surface area contributed by atoms with E-state index in [-0.39, 0.29) is 11.9 Å². The molecule has 0 bridgehead atoms. The molecular weight excluding hydrogens is 272 g/mol. The molecule has 1 amide bonds. The maximum Gasteiger partial charge on any atom is 0.234 e. The first-order valence-corrected chi connectivity index (χ1v) is 8.69. The zero-order valence-electron chi connectivity index (χ0n) is 14.2. The van der Waals surface area contributed by atoms with Gasteiger partial charge in [0.1, 0.15) is 0 Å². The maximum absolute atomic E-state index is 12.2. The van der Waals surface area contributed by atoms with Crippen LogP contribution in [-0.4, -0.2) is 18.5 Å². The Labute approximate surface area is 134 Å². The van der Waals surface area contributed by atoms with Crippen LogP contribution in [-0.2, 0) is 4.79 Å². The highest BCUT2D eigenvalue weighted by Crippen LogP contribution is 2.23. The Hall–Kier alpha value is -1.35. The fourth-order valence-corrected chi connectivity index (χ4v) is 3.30. The summed E-state index contributed by atoms with van der Waals surface area (Å²) in [6, 6.07) is 9.17. The van der Waals surface area contributed by atoms with Crippen LogP contribution in [0.2, 0.25) is 0 Å². The summed E-state index contributed by atoms with van der Waals surface area (Å²) < 4.78 is 0. The molecule has 1 fully saturated rings. The van der Waals surface area contributed by atoms with Crippen LogP contribution in [0.4, 0.5) is 0 Å². The molecule has 1 aromatic rings. The number of amides is 1. The lowest BCUT2D eigenvalue weighted by molar-refractivity contribution is -0.121. The van der Waals surface area contributed by atoms with Gasteiger partial charge in [0.05, 0.1) is 6.54 Å². The van der Waals surface area contributed by atoms with Gasteiger partial charge in [-0.1, -0.05) is 56.5 Å². The SMILES string of the molecule is CC[C@@H](NCC(=O)N[C@@H]1CCCC[C@@H]1C)c1ccc(C)cc1. The molecule has 0 radical (unpaired) electrons. The molecular formula is C19H30N2O. The summed E-state index contributed by atoms with van der Waals surface area (Å²) in [5.74, 6) is 0.737. The van der Waals surface area contributed by atoms with Crippen LogP contribution in [0.5, 0.6) is 0 Å². The monoisotopic (exact) mass is 302 g/mol. The van der Waals surface area contributed by atoms with Crippen LogP contribution in [0.1, 0.15) is 63.1 Å². The molecule has 3 nitrogen and oxygen atoms in total. The van der Waals surface area contributed by atoms with Crippen LogP contribution in [0.25, 0.3) is 0 Å². The van der Waals surface area contributed by atoms with Crippen LogP contribution < -0.4 is 10.6 Å². The minimum absolute atomic E-state index is 0.129. The van der Waals surface area contributed by atoms with Crippen molar-refractivity contribution in [2.75, 3.05) is 6.54 Å². The summed E-state index contributed by atoms with van der Waals surface area (Å²) in [4.78, 5) is 12.2. The van der Waals surface area contributed by atoms with Gasteiger partial charge in [-0.15, -0.1) is 0 Å². The van der Waals surface area contributed by atoms with E-state index in [4.69, 9.17) is 0 Å². The highest BCUT2D eigenvalue weighted by atomic mass is 16.2. The van der Waals surface area contributed by atoms with Crippen molar-refractivity contribution < 1.29 is 4.79 Å². The summed E-state index contributed by atoms with van der Waals surface area (Å²) in [6.07, 6.45) is 5.89. The van der Waals surface area contributed by atoms with Gasteiger partial charge in [0.15, 0.2) is 0 Å². The van der Waals surface area contributed by atoms with E-state index in [1.807, 2.05) is 0 Å². The minimum atomic E-state index is 0.129. The largest absolute Gasteiger partial charge is 0.352 e. The molecule has 2 N–H and O–H groups in total. The quantitative estimate of drug-likeness (QED) is 0.840. The van der Waals surface area contributed by atoms with Crippen molar-refractivity contribution in [3.8, 4) is 0 Å². The highest BCUT2D eigenvalue weighted by molar-refractivity contribution is 5.78. The molecule has 122 valence electrons. The van der Waals surface area contributed by atoms with Gasteiger partial charge in [-0.25, -0.2) is 0 Å². The molecule has 3 heteroatoms. The number of nitrogens with one attached hydrogen (secondary N) is 2. The molecule has 0 spiro atoms. The van der Waals surface area contributed by atoms with Crippen molar-refractivity contribution in [1.82, 2.24) is 10.6 Å². The van der Waals surface area contributed by atoms with Gasteiger partial charge in [-0.3, -0.25) is 4.79 Å². The molecule has 0 unspecified atom stereocenters. The average molecular weight is 302 g/mol. The Bertz CT molecular complexity index is 469. The standard InChI is InChI=1S/C19H30N2O/c1-4-17(16-11-9-14(2)10-12-16)20-13-19(22)21-18-8-6-5-7-15(18)3/h9-12,15,17-18,20H,4-8,13H2,1-3H3,(H,21,22)/t15-,17+,18+/m0/s1. The summed E-state index contributed by atoms with van der Waals surface area (Å²) in [7, 11) is 0. The topological polar surface area (TPSA) is 41.1 Å². The zero-order valence-corrected chi connectivity index (χ0v) is 14.2. The second-order valence-electron chi connectivity index (χ2n) is 6.69. The third kappa shape index (κ3) is 4.84. The van der Waals surface area contributed by atoms with E-state index < -0.39 is 0 Å². The zero-order chi connectivity index (χ0) is 15.9. The van der Waals surface area contributed by atoms with E-state index >= 15 is 0 Å². The van der Waals surface area contributed by atoms with Crippen molar-refractivity contribution in [3.63, 3.8) is 0 Å². The minimum Gasteiger partial charge on any atom is -0.352 e. The number of aryl methyl sites for hydroxylation is 1. The molecule has 1 aliphatic rings. The molecule has 22 heavy (non-hydrogen) atoms. The normalized spacial score (nSPS) is 23.0. The number of hydrogen-bond donors (Lipinski definition) is 2. The van der Waals surface area contributed by atoms with E-state index in [2.05, 4.69) is 55.7 Å². The lowest BCUT2D eigenvalue weighted by Gasteiger charge is -2.29. The fourth-order valence-electron chi connectivity index (χ4n) is 3.30. The predicted molar refractivity (Wildman–Crippen MR) is 91.8 cm³/mol. The van der Waals surface area contributed by atoms with E-state index in [0.29, 0.717) is 18.5 Å². The first kappa shape index (κ1) is 17.0. The molecule has 1 saturated carbocycles. The van der Waals surface area contributed by atoms with Gasteiger partial charge in [-0.2, -0.15) is 0 Å². The van der Waals surface area contributed by atoms with Gasteiger partial charge in [-0.05, 0) is 37.7 Å². The average Bonchev–Trinajstić information content (AvgIpc) is 2.52. The fraction of sp³-hybridized carbons (Fsp3) is 0.632. The lowest BCUT2D eigenvalue weighted by Crippen LogP contribution is -2.45. The number of hydrogen-bond acceptors (Lipinski definition) is 2. The Morgan fingerprint density at radius 1 is 1.23 bits per heavy atom. The maximum atomic E-state index is 12.2. The number of benzene rings is 1. The lowest BCUT2D eigenvalue weighted by atomic mass is 9.86. The Balaban J connectivity index is 1.82. The molecule has 1 aliphatic carbocycles. The summed E-state index contributed by atoms with van der Waals surface area (Å²) >= 11 is 0. The Kier molecular flexibility index (Phi) is 6.44. The van der Waals surface area contributed by atoms with Crippen molar-refractivity contribution in [1.29, 1.82) is 0 Å². The highest BCUT2D eigenvalue weighted by Gasteiger charge is 2.22. The smallest absolute Gasteiger partial charge is 0.234 e. The van der Waals surface area contributed by atoms with E-state index in [1.165, 1.54) is 30.4 Å². The molecule has 3 atom stereocenters. The summed E-state index contributed by atoms with van der Waals surface area (Å²) in [5, 5.41) is 6.60. The molecule has 2 rings (SSSR count). The van der Waals surface area contributed by atoms with Gasteiger partial charge in [0.2, 0.25) is 5.91 Å². The van der Waals surface area contributed by atoms with Gasteiger partial charge in [0, 0.05) is 12.1 Å².